The molecule has 1 fully saturated rings. The number of urea groups is 1. The number of carboxylic acids is 1. The summed E-state index contributed by atoms with van der Waals surface area (Å²) >= 11 is 0. The second kappa shape index (κ2) is 8.79. The van der Waals surface area contributed by atoms with Crippen molar-refractivity contribution < 1.29 is 19.4 Å². The molecule has 1 aliphatic carbocycles. The van der Waals surface area contributed by atoms with Crippen LogP contribution < -0.4 is 10.6 Å². The first kappa shape index (κ1) is 16.8. The van der Waals surface area contributed by atoms with Crippen LogP contribution in [-0.2, 0) is 9.53 Å². The SMILES string of the molecule is COCC1(CNC(=O)NCCCC(=O)O)CCCCC1. The molecule has 0 aromatic rings. The van der Waals surface area contributed by atoms with Gasteiger partial charge in [0.05, 0.1) is 6.61 Å². The van der Waals surface area contributed by atoms with E-state index < -0.39 is 5.97 Å². The summed E-state index contributed by atoms with van der Waals surface area (Å²) in [5, 5.41) is 14.1. The molecule has 0 unspecified atom stereocenters. The van der Waals surface area contributed by atoms with Gasteiger partial charge in [0, 0.05) is 32.0 Å². The Hall–Kier alpha value is -1.30. The Bertz CT molecular complexity index is 309. The summed E-state index contributed by atoms with van der Waals surface area (Å²) in [5.41, 5.74) is 0.0609. The lowest BCUT2D eigenvalue weighted by Crippen LogP contribution is -2.45. The van der Waals surface area contributed by atoms with Crippen LogP contribution in [0.3, 0.4) is 0 Å². The first-order valence-corrected chi connectivity index (χ1v) is 7.30. The van der Waals surface area contributed by atoms with Crippen LogP contribution >= 0.6 is 0 Å². The number of hydrogen-bond acceptors (Lipinski definition) is 3. The molecule has 1 aliphatic rings. The number of aliphatic carboxylic acids is 1. The van der Waals surface area contributed by atoms with Crippen molar-refractivity contribution in [1.82, 2.24) is 10.6 Å². The zero-order chi connectivity index (χ0) is 14.8. The third-order valence-corrected chi connectivity index (χ3v) is 3.84. The van der Waals surface area contributed by atoms with Crippen molar-refractivity contribution in [1.29, 1.82) is 0 Å². The minimum Gasteiger partial charge on any atom is -0.481 e. The molecule has 0 saturated heterocycles. The van der Waals surface area contributed by atoms with Crippen LogP contribution in [0.2, 0.25) is 0 Å². The van der Waals surface area contributed by atoms with Gasteiger partial charge in [-0.3, -0.25) is 4.79 Å². The number of ether oxygens (including phenoxy) is 1. The summed E-state index contributed by atoms with van der Waals surface area (Å²) in [5.74, 6) is -0.839. The highest BCUT2D eigenvalue weighted by atomic mass is 16.5. The van der Waals surface area contributed by atoms with Crippen molar-refractivity contribution in [2.45, 2.75) is 44.9 Å². The number of amides is 2. The molecule has 0 aromatic heterocycles. The molecular weight excluding hydrogens is 260 g/mol. The topological polar surface area (TPSA) is 87.7 Å². The van der Waals surface area contributed by atoms with Crippen molar-refractivity contribution in [3.8, 4) is 0 Å². The second-order valence-electron chi connectivity index (χ2n) is 5.60. The average molecular weight is 286 g/mol. The van der Waals surface area contributed by atoms with E-state index >= 15 is 0 Å². The van der Waals surface area contributed by atoms with E-state index in [0.717, 1.165) is 12.8 Å². The molecule has 0 atom stereocenters. The molecule has 116 valence electrons. The van der Waals surface area contributed by atoms with Gasteiger partial charge in [-0.15, -0.1) is 0 Å². The molecule has 0 bridgehead atoms. The molecule has 0 radical (unpaired) electrons. The molecule has 0 heterocycles. The van der Waals surface area contributed by atoms with Crippen LogP contribution in [0.25, 0.3) is 0 Å². The quantitative estimate of drug-likeness (QED) is 0.593. The number of nitrogens with one attached hydrogen (secondary N) is 2. The zero-order valence-corrected chi connectivity index (χ0v) is 12.2. The van der Waals surface area contributed by atoms with E-state index in [4.69, 9.17) is 9.84 Å². The molecule has 3 N–H and O–H groups in total. The van der Waals surface area contributed by atoms with Gasteiger partial charge in [0.25, 0.3) is 0 Å². The van der Waals surface area contributed by atoms with Crippen molar-refractivity contribution in [3.05, 3.63) is 0 Å². The fourth-order valence-electron chi connectivity index (χ4n) is 2.75. The first-order chi connectivity index (χ1) is 9.58. The van der Waals surface area contributed by atoms with E-state index in [0.29, 0.717) is 26.1 Å². The molecule has 1 rings (SSSR count). The van der Waals surface area contributed by atoms with E-state index in [1.807, 2.05) is 0 Å². The maximum atomic E-state index is 11.7. The van der Waals surface area contributed by atoms with Crippen LogP contribution in [-0.4, -0.2) is 43.9 Å². The molecular formula is C14H26N2O4. The summed E-state index contributed by atoms with van der Waals surface area (Å²) in [6, 6.07) is -0.226. The van der Waals surface area contributed by atoms with Gasteiger partial charge < -0.3 is 20.5 Å². The van der Waals surface area contributed by atoms with Gasteiger partial charge in [0.15, 0.2) is 0 Å². The van der Waals surface area contributed by atoms with E-state index in [-0.39, 0.29) is 17.9 Å². The van der Waals surface area contributed by atoms with Gasteiger partial charge in [-0.25, -0.2) is 4.79 Å². The van der Waals surface area contributed by atoms with Crippen LogP contribution in [0, 0.1) is 5.41 Å². The summed E-state index contributed by atoms with van der Waals surface area (Å²) in [4.78, 5) is 22.0. The van der Waals surface area contributed by atoms with Gasteiger partial charge >= 0.3 is 12.0 Å². The Morgan fingerprint density at radius 3 is 2.50 bits per heavy atom. The van der Waals surface area contributed by atoms with E-state index in [9.17, 15) is 9.59 Å². The molecule has 1 saturated carbocycles. The van der Waals surface area contributed by atoms with Gasteiger partial charge in [0.2, 0.25) is 0 Å². The Labute approximate surface area is 120 Å². The first-order valence-electron chi connectivity index (χ1n) is 7.30. The highest BCUT2D eigenvalue weighted by Gasteiger charge is 2.32. The Morgan fingerprint density at radius 1 is 1.20 bits per heavy atom. The summed E-state index contributed by atoms with van der Waals surface area (Å²) in [6.07, 6.45) is 6.32. The molecule has 0 spiro atoms. The lowest BCUT2D eigenvalue weighted by atomic mass is 9.74. The van der Waals surface area contributed by atoms with Gasteiger partial charge in [0.1, 0.15) is 0 Å². The van der Waals surface area contributed by atoms with Crippen LogP contribution in [0.4, 0.5) is 4.79 Å². The predicted molar refractivity (Wildman–Crippen MR) is 75.7 cm³/mol. The lowest BCUT2D eigenvalue weighted by molar-refractivity contribution is -0.137. The van der Waals surface area contributed by atoms with E-state index in [1.165, 1.54) is 19.3 Å². The zero-order valence-electron chi connectivity index (χ0n) is 12.2. The van der Waals surface area contributed by atoms with Crippen LogP contribution in [0.1, 0.15) is 44.9 Å². The third kappa shape index (κ3) is 6.23. The monoisotopic (exact) mass is 286 g/mol. The number of carboxylic acid groups (broad SMARTS) is 1. The van der Waals surface area contributed by atoms with Gasteiger partial charge in [-0.05, 0) is 19.3 Å². The molecule has 6 heteroatoms. The third-order valence-electron chi connectivity index (χ3n) is 3.84. The maximum absolute atomic E-state index is 11.7. The van der Waals surface area contributed by atoms with E-state index in [1.54, 1.807) is 7.11 Å². The Kier molecular flexibility index (Phi) is 7.36. The van der Waals surface area contributed by atoms with Gasteiger partial charge in [-0.2, -0.15) is 0 Å². The summed E-state index contributed by atoms with van der Waals surface area (Å²) in [7, 11) is 1.70. The predicted octanol–water partition coefficient (Wildman–Crippen LogP) is 1.75. The minimum atomic E-state index is -0.839. The van der Waals surface area contributed by atoms with Crippen molar-refractivity contribution >= 4 is 12.0 Å². The number of hydrogen-bond donors (Lipinski definition) is 3. The fourth-order valence-corrected chi connectivity index (χ4v) is 2.75. The Balaban J connectivity index is 2.24. The number of carbonyl (C=O) groups is 2. The highest BCUT2D eigenvalue weighted by Crippen LogP contribution is 2.35. The average Bonchev–Trinajstić information content (AvgIpc) is 2.43. The standard InChI is InChI=1S/C14H26N2O4/c1-20-11-14(7-3-2-4-8-14)10-16-13(19)15-9-5-6-12(17)18/h2-11H2,1H3,(H,17,18)(H2,15,16,19). The Morgan fingerprint density at radius 2 is 1.90 bits per heavy atom. The van der Waals surface area contributed by atoms with E-state index in [2.05, 4.69) is 10.6 Å². The summed E-state index contributed by atoms with van der Waals surface area (Å²) in [6.45, 7) is 1.67. The molecule has 2 amide bonds. The smallest absolute Gasteiger partial charge is 0.314 e. The number of rotatable bonds is 8. The normalized spacial score (nSPS) is 17.4. The number of carbonyl (C=O) groups excluding carboxylic acids is 1. The largest absolute Gasteiger partial charge is 0.481 e. The van der Waals surface area contributed by atoms with Crippen molar-refractivity contribution in [2.75, 3.05) is 26.8 Å². The molecule has 0 aromatic carbocycles. The van der Waals surface area contributed by atoms with Crippen molar-refractivity contribution in [2.24, 2.45) is 5.41 Å². The second-order valence-corrected chi connectivity index (χ2v) is 5.60. The minimum absolute atomic E-state index is 0.0609. The number of methoxy groups -OCH3 is 1. The highest BCUT2D eigenvalue weighted by molar-refractivity contribution is 5.74. The molecule has 20 heavy (non-hydrogen) atoms. The van der Waals surface area contributed by atoms with Crippen LogP contribution in [0.15, 0.2) is 0 Å². The fraction of sp³-hybridized carbons (Fsp3) is 0.857. The molecule has 0 aliphatic heterocycles. The van der Waals surface area contributed by atoms with Gasteiger partial charge in [-0.1, -0.05) is 19.3 Å². The summed E-state index contributed by atoms with van der Waals surface area (Å²) < 4.78 is 5.30. The van der Waals surface area contributed by atoms with Crippen LogP contribution in [0.5, 0.6) is 0 Å². The lowest BCUT2D eigenvalue weighted by Gasteiger charge is -2.36. The van der Waals surface area contributed by atoms with Crippen molar-refractivity contribution in [3.63, 3.8) is 0 Å². The maximum Gasteiger partial charge on any atom is 0.314 e. The molecule has 6 nitrogen and oxygen atoms in total.